The molecule has 1 atom stereocenters. The number of nitrogens with zero attached hydrogens (tertiary/aromatic N) is 1. The lowest BCUT2D eigenvalue weighted by molar-refractivity contribution is 0.0824. The van der Waals surface area contributed by atoms with E-state index in [1.54, 1.807) is 26.2 Å². The van der Waals surface area contributed by atoms with Crippen LogP contribution in [0.1, 0.15) is 46.4 Å². The normalized spacial score (nSPS) is 11.9. The molecule has 1 amide bonds. The monoisotopic (exact) mass is 421 g/mol. The third kappa shape index (κ3) is 4.30. The second kappa shape index (κ2) is 8.63. The van der Waals surface area contributed by atoms with Gasteiger partial charge in [0.1, 0.15) is 11.4 Å². The molecule has 3 aromatic rings. The average molecular weight is 421 g/mol. The van der Waals surface area contributed by atoms with Crippen LogP contribution in [0.5, 0.6) is 5.75 Å². The van der Waals surface area contributed by atoms with Crippen LogP contribution in [0.25, 0.3) is 0 Å². The van der Waals surface area contributed by atoms with Crippen molar-refractivity contribution in [3.8, 4) is 5.75 Å². The average Bonchev–Trinajstić information content (AvgIpc) is 2.72. The van der Waals surface area contributed by atoms with E-state index < -0.39 is 10.9 Å². The molecule has 1 unspecified atom stereocenters. The van der Waals surface area contributed by atoms with E-state index in [-0.39, 0.29) is 40.3 Å². The molecule has 3 rings (SSSR count). The van der Waals surface area contributed by atoms with E-state index in [0.717, 1.165) is 16.7 Å². The number of carbonyl (C=O) groups is 1. The van der Waals surface area contributed by atoms with Gasteiger partial charge in [0, 0.05) is 14.1 Å². The summed E-state index contributed by atoms with van der Waals surface area (Å²) in [6.45, 7) is 6.02. The van der Waals surface area contributed by atoms with E-state index in [1.165, 1.54) is 11.0 Å². The largest absolute Gasteiger partial charge is 0.505 e. The molecule has 0 aliphatic heterocycles. The Hall–Kier alpha value is -3.61. The Labute approximate surface area is 181 Å². The van der Waals surface area contributed by atoms with Crippen LogP contribution < -0.4 is 21.5 Å². The third-order valence-corrected chi connectivity index (χ3v) is 5.22. The highest BCUT2D eigenvalue weighted by Crippen LogP contribution is 2.33. The van der Waals surface area contributed by atoms with Gasteiger partial charge in [-0.3, -0.25) is 14.4 Å². The van der Waals surface area contributed by atoms with Crippen molar-refractivity contribution >= 4 is 23.0 Å². The number of rotatable bonds is 7. The fraction of sp³-hybridized carbons (Fsp3) is 0.292. The molecule has 0 heterocycles. The Morgan fingerprint density at radius 1 is 1.03 bits per heavy atom. The van der Waals surface area contributed by atoms with Crippen LogP contribution in [0.4, 0.5) is 17.1 Å². The van der Waals surface area contributed by atoms with Crippen molar-refractivity contribution < 1.29 is 9.90 Å². The molecule has 0 fully saturated rings. The molecular formula is C24H27N3O4. The van der Waals surface area contributed by atoms with Gasteiger partial charge in [0.15, 0.2) is 5.75 Å². The van der Waals surface area contributed by atoms with Crippen LogP contribution in [0.15, 0.2) is 46.0 Å². The number of aromatic hydroxyl groups is 1. The van der Waals surface area contributed by atoms with Crippen LogP contribution in [0, 0.1) is 13.8 Å². The summed E-state index contributed by atoms with van der Waals surface area (Å²) < 4.78 is 0. The highest BCUT2D eigenvalue weighted by Gasteiger charge is 2.25. The van der Waals surface area contributed by atoms with E-state index in [2.05, 4.69) is 28.8 Å². The van der Waals surface area contributed by atoms with Crippen molar-refractivity contribution in [2.24, 2.45) is 0 Å². The molecule has 7 nitrogen and oxygen atoms in total. The minimum Gasteiger partial charge on any atom is -0.505 e. The maximum Gasteiger partial charge on any atom is 0.257 e. The zero-order chi connectivity index (χ0) is 22.9. The summed E-state index contributed by atoms with van der Waals surface area (Å²) in [5.74, 6) is -0.646. The zero-order valence-corrected chi connectivity index (χ0v) is 18.4. The molecule has 162 valence electrons. The molecule has 3 N–H and O–H groups in total. The highest BCUT2D eigenvalue weighted by molar-refractivity contribution is 5.99. The molecule has 0 radical (unpaired) electrons. The quantitative estimate of drug-likeness (QED) is 0.398. The number of anilines is 3. The third-order valence-electron chi connectivity index (χ3n) is 5.22. The number of carbonyl (C=O) groups excluding carboxylic acids is 1. The number of nitrogens with one attached hydrogen (secondary N) is 2. The van der Waals surface area contributed by atoms with Crippen molar-refractivity contribution in [1.29, 1.82) is 0 Å². The fourth-order valence-electron chi connectivity index (χ4n) is 3.65. The molecule has 0 aromatic heterocycles. The minimum atomic E-state index is -0.665. The zero-order valence-electron chi connectivity index (χ0n) is 18.4. The first-order chi connectivity index (χ1) is 14.6. The Balaban J connectivity index is 1.92. The molecule has 0 saturated heterocycles. The van der Waals surface area contributed by atoms with E-state index in [0.29, 0.717) is 6.42 Å². The first-order valence-corrected chi connectivity index (χ1v) is 10.1. The lowest BCUT2D eigenvalue weighted by atomic mass is 9.98. The van der Waals surface area contributed by atoms with Gasteiger partial charge in [-0.05, 0) is 38.0 Å². The molecule has 31 heavy (non-hydrogen) atoms. The topological polar surface area (TPSA) is 98.7 Å². The number of phenolic OH excluding ortho intramolecular Hbond substituents is 1. The summed E-state index contributed by atoms with van der Waals surface area (Å²) in [7, 11) is 3.16. The summed E-state index contributed by atoms with van der Waals surface area (Å²) in [4.78, 5) is 38.2. The first kappa shape index (κ1) is 22.1. The number of benzene rings is 2. The van der Waals surface area contributed by atoms with E-state index in [4.69, 9.17) is 0 Å². The minimum absolute atomic E-state index is 0.0811. The van der Waals surface area contributed by atoms with Gasteiger partial charge in [-0.25, -0.2) is 0 Å². The second-order valence-corrected chi connectivity index (χ2v) is 7.96. The second-order valence-electron chi connectivity index (χ2n) is 7.96. The van der Waals surface area contributed by atoms with Crippen LogP contribution in [-0.2, 0) is 0 Å². The SMILES string of the molecule is CCC(Nc1c(Nc2cccc(C(=O)N(C)C)c2O)c(=O)c1=O)c1cc(C)cc(C)c1. The lowest BCUT2D eigenvalue weighted by Gasteiger charge is -2.23. The molecule has 3 aromatic carbocycles. The van der Waals surface area contributed by atoms with Crippen molar-refractivity contribution in [3.63, 3.8) is 0 Å². The number of phenols is 1. The Morgan fingerprint density at radius 3 is 2.23 bits per heavy atom. The van der Waals surface area contributed by atoms with Gasteiger partial charge >= 0.3 is 0 Å². The number of para-hydroxylation sites is 1. The van der Waals surface area contributed by atoms with Crippen molar-refractivity contribution in [3.05, 3.63) is 79.1 Å². The number of amides is 1. The van der Waals surface area contributed by atoms with Crippen molar-refractivity contribution in [1.82, 2.24) is 4.90 Å². The van der Waals surface area contributed by atoms with Crippen molar-refractivity contribution in [2.45, 2.75) is 33.2 Å². The fourth-order valence-corrected chi connectivity index (χ4v) is 3.65. The summed E-state index contributed by atoms with van der Waals surface area (Å²) in [6, 6.07) is 10.7. The van der Waals surface area contributed by atoms with Gasteiger partial charge in [0.2, 0.25) is 0 Å². The molecule has 0 saturated carbocycles. The predicted octanol–water partition coefficient (Wildman–Crippen LogP) is 3.61. The molecule has 0 aliphatic rings. The summed E-state index contributed by atoms with van der Waals surface area (Å²) in [5, 5.41) is 16.6. The van der Waals surface area contributed by atoms with E-state index in [9.17, 15) is 19.5 Å². The molecule has 0 spiro atoms. The van der Waals surface area contributed by atoms with Gasteiger partial charge in [0.05, 0.1) is 17.3 Å². The Kier molecular flexibility index (Phi) is 6.15. The maximum atomic E-state index is 12.3. The lowest BCUT2D eigenvalue weighted by Crippen LogP contribution is -2.37. The van der Waals surface area contributed by atoms with Gasteiger partial charge < -0.3 is 20.6 Å². The summed E-state index contributed by atoms with van der Waals surface area (Å²) in [6.07, 6.45) is 0.708. The van der Waals surface area contributed by atoms with Crippen LogP contribution in [0.2, 0.25) is 0 Å². The highest BCUT2D eigenvalue weighted by atomic mass is 16.3. The number of aryl methyl sites for hydroxylation is 2. The number of hydrogen-bond donors (Lipinski definition) is 3. The standard InChI is InChI=1S/C24H27N3O4/c1-6-17(15-11-13(2)10-14(3)12-15)25-19-20(23(30)22(19)29)26-18-9-7-8-16(21(18)28)24(31)27(4)5/h7-12,17,25-26,28H,6H2,1-5H3. The van der Waals surface area contributed by atoms with Gasteiger partial charge in [0.25, 0.3) is 16.8 Å². The molecule has 0 aliphatic carbocycles. The maximum absolute atomic E-state index is 12.3. The predicted molar refractivity (Wildman–Crippen MR) is 123 cm³/mol. The van der Waals surface area contributed by atoms with Crippen LogP contribution >= 0.6 is 0 Å². The Morgan fingerprint density at radius 2 is 1.65 bits per heavy atom. The summed E-state index contributed by atoms with van der Waals surface area (Å²) in [5.41, 5.74) is 2.54. The van der Waals surface area contributed by atoms with Crippen molar-refractivity contribution in [2.75, 3.05) is 24.7 Å². The molecule has 7 heteroatoms. The molecule has 0 bridgehead atoms. The smallest absolute Gasteiger partial charge is 0.257 e. The summed E-state index contributed by atoms with van der Waals surface area (Å²) >= 11 is 0. The van der Waals surface area contributed by atoms with Gasteiger partial charge in [-0.1, -0.05) is 42.3 Å². The van der Waals surface area contributed by atoms with Crippen LogP contribution in [-0.4, -0.2) is 30.0 Å². The van der Waals surface area contributed by atoms with Crippen LogP contribution in [0.3, 0.4) is 0 Å². The van der Waals surface area contributed by atoms with Gasteiger partial charge in [-0.2, -0.15) is 0 Å². The Bertz CT molecular complexity index is 1190. The number of hydrogen-bond acceptors (Lipinski definition) is 6. The van der Waals surface area contributed by atoms with E-state index in [1.807, 2.05) is 20.8 Å². The van der Waals surface area contributed by atoms with Gasteiger partial charge in [-0.15, -0.1) is 0 Å². The van der Waals surface area contributed by atoms with E-state index >= 15 is 0 Å². The first-order valence-electron chi connectivity index (χ1n) is 10.1. The molecular weight excluding hydrogens is 394 g/mol.